The number of hydrogen-bond donors (Lipinski definition) is 0. The van der Waals surface area contributed by atoms with Crippen molar-refractivity contribution in [1.82, 2.24) is 4.90 Å². The summed E-state index contributed by atoms with van der Waals surface area (Å²) in [5.41, 5.74) is 1.36. The number of amidine groups is 1. The highest BCUT2D eigenvalue weighted by molar-refractivity contribution is 5.79. The van der Waals surface area contributed by atoms with Gasteiger partial charge in [0.05, 0.1) is 0 Å². The lowest BCUT2D eigenvalue weighted by atomic mass is 10.1. The van der Waals surface area contributed by atoms with Gasteiger partial charge in [-0.15, -0.1) is 0 Å². The Morgan fingerprint density at radius 2 is 1.94 bits per heavy atom. The number of hydrogen-bond acceptors (Lipinski definition) is 1. The van der Waals surface area contributed by atoms with Gasteiger partial charge in [-0.3, -0.25) is 0 Å². The normalized spacial score (nSPS) is 13.4. The standard InChI is InChI=1S/C14H28N2/c1-7-8-13(4)11-15-14(5)16(6)10-9-12(2)3/h11-12H,7-10H2,1-6H3/b13-11+,15-14?. The second-order valence-corrected chi connectivity index (χ2v) is 5.01. The first-order valence-electron chi connectivity index (χ1n) is 6.38. The van der Waals surface area contributed by atoms with Crippen molar-refractivity contribution < 1.29 is 0 Å². The van der Waals surface area contributed by atoms with Crippen LogP contribution in [0.25, 0.3) is 0 Å². The molecule has 0 aliphatic carbocycles. The summed E-state index contributed by atoms with van der Waals surface area (Å²) in [7, 11) is 2.12. The van der Waals surface area contributed by atoms with Gasteiger partial charge < -0.3 is 4.90 Å². The van der Waals surface area contributed by atoms with E-state index in [0.29, 0.717) is 0 Å². The van der Waals surface area contributed by atoms with Crippen molar-refractivity contribution in [3.8, 4) is 0 Å². The largest absolute Gasteiger partial charge is 0.363 e. The van der Waals surface area contributed by atoms with Gasteiger partial charge in [-0.25, -0.2) is 4.99 Å². The second-order valence-electron chi connectivity index (χ2n) is 5.01. The molecule has 94 valence electrons. The minimum absolute atomic E-state index is 0.757. The quantitative estimate of drug-likeness (QED) is 0.490. The highest BCUT2D eigenvalue weighted by Crippen LogP contribution is 2.04. The molecule has 0 fully saturated rings. The topological polar surface area (TPSA) is 15.6 Å². The Bertz CT molecular complexity index is 239. The Morgan fingerprint density at radius 3 is 2.44 bits per heavy atom. The van der Waals surface area contributed by atoms with Crippen LogP contribution in [0.15, 0.2) is 16.8 Å². The van der Waals surface area contributed by atoms with E-state index in [4.69, 9.17) is 0 Å². The van der Waals surface area contributed by atoms with Crippen molar-refractivity contribution in [3.05, 3.63) is 11.8 Å². The molecule has 0 saturated heterocycles. The Hall–Kier alpha value is -0.790. The molecule has 2 heteroatoms. The van der Waals surface area contributed by atoms with Gasteiger partial charge in [0, 0.05) is 19.8 Å². The maximum Gasteiger partial charge on any atom is 0.101 e. The predicted octanol–water partition coefficient (Wildman–Crippen LogP) is 4.09. The monoisotopic (exact) mass is 224 g/mol. The third-order valence-electron chi connectivity index (χ3n) is 2.71. The van der Waals surface area contributed by atoms with Crippen molar-refractivity contribution >= 4 is 5.84 Å². The lowest BCUT2D eigenvalue weighted by Crippen LogP contribution is -2.25. The molecule has 0 bridgehead atoms. The molecule has 0 rings (SSSR count). The van der Waals surface area contributed by atoms with Gasteiger partial charge in [0.1, 0.15) is 5.84 Å². The molecule has 0 saturated carbocycles. The summed E-state index contributed by atoms with van der Waals surface area (Å²) in [6, 6.07) is 0. The molecule has 0 radical (unpaired) electrons. The fourth-order valence-corrected chi connectivity index (χ4v) is 1.37. The van der Waals surface area contributed by atoms with Crippen molar-refractivity contribution in [2.45, 2.75) is 53.9 Å². The van der Waals surface area contributed by atoms with Crippen LogP contribution in [-0.2, 0) is 0 Å². The molecule has 0 aromatic heterocycles. The summed E-state index contributed by atoms with van der Waals surface area (Å²) in [6.45, 7) is 12.0. The minimum Gasteiger partial charge on any atom is -0.363 e. The van der Waals surface area contributed by atoms with E-state index in [-0.39, 0.29) is 0 Å². The molecule has 0 aromatic rings. The second kappa shape index (κ2) is 8.37. The average molecular weight is 224 g/mol. The SMILES string of the molecule is CCC/C(C)=C/N=C(C)N(C)CCC(C)C. The number of rotatable bonds is 6. The van der Waals surface area contributed by atoms with Crippen LogP contribution in [0, 0.1) is 5.92 Å². The third-order valence-corrected chi connectivity index (χ3v) is 2.71. The van der Waals surface area contributed by atoms with Crippen LogP contribution in [0.5, 0.6) is 0 Å². The molecule has 0 aromatic carbocycles. The Balaban J connectivity index is 4.15. The number of allylic oxidation sites excluding steroid dienone is 1. The smallest absolute Gasteiger partial charge is 0.101 e. The van der Waals surface area contributed by atoms with Crippen molar-refractivity contribution in [2.24, 2.45) is 10.9 Å². The molecule has 0 heterocycles. The molecule has 0 amide bonds. The molecule has 2 nitrogen and oxygen atoms in total. The van der Waals surface area contributed by atoms with Gasteiger partial charge in [-0.2, -0.15) is 0 Å². The maximum absolute atomic E-state index is 4.50. The van der Waals surface area contributed by atoms with E-state index < -0.39 is 0 Å². The Labute approximate surface area is 101 Å². The molecular formula is C14H28N2. The van der Waals surface area contributed by atoms with Gasteiger partial charge in [0.15, 0.2) is 0 Å². The summed E-state index contributed by atoms with van der Waals surface area (Å²) in [4.78, 5) is 6.73. The molecule has 0 aliphatic heterocycles. The van der Waals surface area contributed by atoms with E-state index in [2.05, 4.69) is 51.6 Å². The van der Waals surface area contributed by atoms with Gasteiger partial charge in [0.2, 0.25) is 0 Å². The molecule has 0 spiro atoms. The van der Waals surface area contributed by atoms with E-state index in [1.54, 1.807) is 0 Å². The Morgan fingerprint density at radius 1 is 1.31 bits per heavy atom. The summed E-state index contributed by atoms with van der Waals surface area (Å²) in [5.74, 6) is 1.86. The van der Waals surface area contributed by atoms with E-state index in [1.807, 2.05) is 6.20 Å². The fraction of sp³-hybridized carbons (Fsp3) is 0.786. The molecule has 16 heavy (non-hydrogen) atoms. The predicted molar refractivity (Wildman–Crippen MR) is 73.9 cm³/mol. The van der Waals surface area contributed by atoms with Crippen LogP contribution in [0.3, 0.4) is 0 Å². The molecular weight excluding hydrogens is 196 g/mol. The summed E-state index contributed by atoms with van der Waals surface area (Å²) < 4.78 is 0. The highest BCUT2D eigenvalue weighted by atomic mass is 15.1. The average Bonchev–Trinajstić information content (AvgIpc) is 2.22. The van der Waals surface area contributed by atoms with Gasteiger partial charge in [-0.05, 0) is 32.6 Å². The zero-order valence-electron chi connectivity index (χ0n) is 11.9. The fourth-order valence-electron chi connectivity index (χ4n) is 1.37. The van der Waals surface area contributed by atoms with Gasteiger partial charge in [0.25, 0.3) is 0 Å². The van der Waals surface area contributed by atoms with Crippen LogP contribution in [-0.4, -0.2) is 24.3 Å². The highest BCUT2D eigenvalue weighted by Gasteiger charge is 2.01. The van der Waals surface area contributed by atoms with Gasteiger partial charge >= 0.3 is 0 Å². The van der Waals surface area contributed by atoms with Crippen molar-refractivity contribution in [1.29, 1.82) is 0 Å². The molecule has 0 atom stereocenters. The van der Waals surface area contributed by atoms with Crippen molar-refractivity contribution in [2.75, 3.05) is 13.6 Å². The van der Waals surface area contributed by atoms with E-state index >= 15 is 0 Å². The first-order valence-corrected chi connectivity index (χ1v) is 6.38. The van der Waals surface area contributed by atoms with E-state index in [9.17, 15) is 0 Å². The van der Waals surface area contributed by atoms with Crippen LogP contribution in [0.2, 0.25) is 0 Å². The van der Waals surface area contributed by atoms with Crippen molar-refractivity contribution in [3.63, 3.8) is 0 Å². The van der Waals surface area contributed by atoms with Crippen LogP contribution in [0.4, 0.5) is 0 Å². The summed E-state index contributed by atoms with van der Waals surface area (Å²) in [5, 5.41) is 0. The molecule has 0 N–H and O–H groups in total. The van der Waals surface area contributed by atoms with E-state index in [0.717, 1.165) is 24.7 Å². The minimum atomic E-state index is 0.757. The lowest BCUT2D eigenvalue weighted by Gasteiger charge is -2.19. The molecule has 0 unspecified atom stereocenters. The van der Waals surface area contributed by atoms with Crippen LogP contribution < -0.4 is 0 Å². The third kappa shape index (κ3) is 7.49. The number of aliphatic imine (C=N–C) groups is 1. The summed E-state index contributed by atoms with van der Waals surface area (Å²) >= 11 is 0. The number of nitrogens with zero attached hydrogens (tertiary/aromatic N) is 2. The maximum atomic E-state index is 4.50. The van der Waals surface area contributed by atoms with Crippen LogP contribution >= 0.6 is 0 Å². The lowest BCUT2D eigenvalue weighted by molar-refractivity contribution is 0.435. The zero-order valence-corrected chi connectivity index (χ0v) is 11.9. The summed E-state index contributed by atoms with van der Waals surface area (Å²) in [6.07, 6.45) is 5.57. The molecule has 0 aliphatic rings. The Kier molecular flexibility index (Phi) is 7.96. The first kappa shape index (κ1) is 15.2. The zero-order chi connectivity index (χ0) is 12.6. The van der Waals surface area contributed by atoms with Gasteiger partial charge in [-0.1, -0.05) is 32.8 Å². The van der Waals surface area contributed by atoms with Crippen LogP contribution in [0.1, 0.15) is 53.9 Å². The first-order chi connectivity index (χ1) is 7.47. The van der Waals surface area contributed by atoms with E-state index in [1.165, 1.54) is 18.4 Å².